The normalized spacial score (nSPS) is 30.1. The van der Waals surface area contributed by atoms with Gasteiger partial charge in [-0.2, -0.15) is 0 Å². The molecule has 0 radical (unpaired) electrons. The molecule has 6 heteroatoms. The molecular formula is C36H29N3O3. The molecule has 0 N–H and O–H groups in total. The molecule has 9 rings (SSSR count). The van der Waals surface area contributed by atoms with Crippen LogP contribution in [0.3, 0.4) is 0 Å². The van der Waals surface area contributed by atoms with Crippen LogP contribution in [0, 0.1) is 5.92 Å². The summed E-state index contributed by atoms with van der Waals surface area (Å²) in [5, 5.41) is 0.590. The summed E-state index contributed by atoms with van der Waals surface area (Å²) in [6.45, 7) is 0.846. The molecule has 4 aliphatic rings. The van der Waals surface area contributed by atoms with E-state index < -0.39 is 22.3 Å². The zero-order valence-corrected chi connectivity index (χ0v) is 23.2. The number of fused-ring (bicyclic) bond motifs is 11. The highest BCUT2D eigenvalue weighted by Gasteiger charge is 2.97. The number of methoxy groups -OCH3 is 1. The fourth-order valence-corrected chi connectivity index (χ4v) is 9.79. The van der Waals surface area contributed by atoms with Crippen molar-refractivity contribution in [1.82, 2.24) is 14.5 Å². The Morgan fingerprint density at radius 1 is 0.857 bits per heavy atom. The molecule has 2 saturated heterocycles. The van der Waals surface area contributed by atoms with Crippen LogP contribution in [0.4, 0.5) is 0 Å². The summed E-state index contributed by atoms with van der Waals surface area (Å²) in [6, 6.07) is 36.9. The summed E-state index contributed by atoms with van der Waals surface area (Å²) in [6.07, 6.45) is 1.94. The molecule has 4 heterocycles. The van der Waals surface area contributed by atoms with Crippen LogP contribution in [0.2, 0.25) is 0 Å². The fourth-order valence-electron chi connectivity index (χ4n) is 9.79. The lowest BCUT2D eigenvalue weighted by Gasteiger charge is -2.44. The van der Waals surface area contributed by atoms with E-state index in [1.807, 2.05) is 53.1 Å². The van der Waals surface area contributed by atoms with Crippen LogP contribution < -0.4 is 5.56 Å². The van der Waals surface area contributed by atoms with Gasteiger partial charge in [-0.05, 0) is 48.7 Å². The first-order valence-corrected chi connectivity index (χ1v) is 14.7. The Labute approximate surface area is 243 Å². The Morgan fingerprint density at radius 3 is 2.29 bits per heavy atom. The smallest absolute Gasteiger partial charge is 0.310 e. The number of ether oxygens (including phenoxy) is 1. The van der Waals surface area contributed by atoms with Gasteiger partial charge in [0, 0.05) is 17.0 Å². The topological polar surface area (TPSA) is 64.4 Å². The number of piperidine rings is 1. The summed E-state index contributed by atoms with van der Waals surface area (Å²) >= 11 is 0. The molecule has 42 heavy (non-hydrogen) atoms. The fraction of sp³-hybridized carbons (Fsp3) is 0.250. The van der Waals surface area contributed by atoms with Crippen LogP contribution in [-0.4, -0.2) is 40.1 Å². The van der Waals surface area contributed by atoms with E-state index in [2.05, 4.69) is 65.6 Å². The lowest BCUT2D eigenvalue weighted by molar-refractivity contribution is -0.144. The monoisotopic (exact) mass is 551 g/mol. The van der Waals surface area contributed by atoms with Gasteiger partial charge in [-0.25, -0.2) is 4.98 Å². The van der Waals surface area contributed by atoms with E-state index in [-0.39, 0.29) is 17.6 Å². The maximum Gasteiger partial charge on any atom is 0.310 e. The number of esters is 1. The molecule has 3 aliphatic heterocycles. The van der Waals surface area contributed by atoms with Gasteiger partial charge in [0.1, 0.15) is 11.4 Å². The molecule has 1 saturated carbocycles. The summed E-state index contributed by atoms with van der Waals surface area (Å²) in [5.74, 6) is 0.0159. The highest BCUT2D eigenvalue weighted by molar-refractivity contribution is 5.90. The summed E-state index contributed by atoms with van der Waals surface area (Å²) in [7, 11) is 1.50. The number of rotatable bonds is 3. The quantitative estimate of drug-likeness (QED) is 0.292. The van der Waals surface area contributed by atoms with Crippen molar-refractivity contribution in [3.05, 3.63) is 142 Å². The molecule has 4 aromatic carbocycles. The van der Waals surface area contributed by atoms with Gasteiger partial charge in [0.2, 0.25) is 0 Å². The van der Waals surface area contributed by atoms with Crippen LogP contribution in [0.15, 0.2) is 114 Å². The standard InChI is InChI=1S/C36H29N3O3/c1-42-32(41)30-34(23-13-4-2-5-14-23)29-21-12-22-38(29)36(35(30,34)24-15-6-3-7-16-24)26-18-9-11-20-28(26)39-31(40)25-17-8-10-19-27(25)37-33(36)39/h2-11,13-20,29-30H,12,21-22H2,1H3/t29-,30-,34-,35+,36-/m1/s1. The summed E-state index contributed by atoms with van der Waals surface area (Å²) in [4.78, 5) is 36.6. The third-order valence-corrected chi connectivity index (χ3v) is 10.8. The van der Waals surface area contributed by atoms with Crippen LogP contribution in [0.1, 0.15) is 35.4 Å². The van der Waals surface area contributed by atoms with Crippen LogP contribution >= 0.6 is 0 Å². The van der Waals surface area contributed by atoms with Crippen molar-refractivity contribution in [1.29, 1.82) is 0 Å². The van der Waals surface area contributed by atoms with Gasteiger partial charge in [-0.15, -0.1) is 0 Å². The first-order valence-electron chi connectivity index (χ1n) is 14.7. The van der Waals surface area contributed by atoms with Crippen LogP contribution in [0.5, 0.6) is 0 Å². The molecule has 1 aromatic heterocycles. The van der Waals surface area contributed by atoms with E-state index in [0.717, 1.165) is 41.8 Å². The second-order valence-corrected chi connectivity index (χ2v) is 12.0. The number of hydrogen-bond donors (Lipinski definition) is 0. The molecule has 1 aliphatic carbocycles. The van der Waals surface area contributed by atoms with Crippen molar-refractivity contribution >= 4 is 16.9 Å². The largest absolute Gasteiger partial charge is 0.469 e. The first-order chi connectivity index (χ1) is 20.6. The predicted octanol–water partition coefficient (Wildman–Crippen LogP) is 5.10. The lowest BCUT2D eigenvalue weighted by Crippen LogP contribution is -2.54. The van der Waals surface area contributed by atoms with Crippen molar-refractivity contribution in [3.8, 4) is 5.69 Å². The van der Waals surface area contributed by atoms with Crippen molar-refractivity contribution < 1.29 is 9.53 Å². The Kier molecular flexibility index (Phi) is 4.61. The van der Waals surface area contributed by atoms with Crippen LogP contribution in [0.25, 0.3) is 16.6 Å². The predicted molar refractivity (Wildman–Crippen MR) is 160 cm³/mol. The minimum absolute atomic E-state index is 0.0483. The van der Waals surface area contributed by atoms with Gasteiger partial charge in [-0.1, -0.05) is 91.0 Å². The second kappa shape index (κ2) is 8.05. The zero-order chi connectivity index (χ0) is 28.3. The molecule has 5 atom stereocenters. The van der Waals surface area contributed by atoms with E-state index in [1.54, 1.807) is 0 Å². The molecule has 0 unspecified atom stereocenters. The Morgan fingerprint density at radius 2 is 1.52 bits per heavy atom. The molecule has 0 bridgehead atoms. The third kappa shape index (κ3) is 2.36. The number of aromatic nitrogens is 2. The number of para-hydroxylation sites is 2. The van der Waals surface area contributed by atoms with E-state index in [0.29, 0.717) is 16.7 Å². The number of benzene rings is 4. The van der Waals surface area contributed by atoms with Gasteiger partial charge in [0.25, 0.3) is 5.56 Å². The SMILES string of the molecule is COC(=O)[C@@H]1[C@@]2(c3ccccc3)[C@H]3CCCN3[C@@]3(c4ccccc4-n4c3nc3ccccc3c4=O)[C@@]12c1ccccc1. The van der Waals surface area contributed by atoms with E-state index >= 15 is 0 Å². The van der Waals surface area contributed by atoms with E-state index in [1.165, 1.54) is 7.11 Å². The number of hydrogen-bond acceptors (Lipinski definition) is 5. The molecule has 6 nitrogen and oxygen atoms in total. The third-order valence-electron chi connectivity index (χ3n) is 10.8. The zero-order valence-electron chi connectivity index (χ0n) is 23.2. The molecule has 0 amide bonds. The molecule has 1 spiro atoms. The van der Waals surface area contributed by atoms with E-state index in [9.17, 15) is 9.59 Å². The minimum atomic E-state index is -0.871. The Hall–Kier alpha value is -4.55. The van der Waals surface area contributed by atoms with Crippen molar-refractivity contribution in [2.45, 2.75) is 35.3 Å². The Balaban J connectivity index is 1.52. The van der Waals surface area contributed by atoms with Gasteiger partial charge >= 0.3 is 5.97 Å². The maximum absolute atomic E-state index is 14.4. The summed E-state index contributed by atoms with van der Waals surface area (Å²) < 4.78 is 7.52. The molecule has 3 fully saturated rings. The summed E-state index contributed by atoms with van der Waals surface area (Å²) in [5.41, 5.74) is 2.47. The van der Waals surface area contributed by atoms with Crippen LogP contribution in [-0.2, 0) is 25.9 Å². The minimum Gasteiger partial charge on any atom is -0.469 e. The maximum atomic E-state index is 14.4. The van der Waals surface area contributed by atoms with Crippen molar-refractivity contribution in [3.63, 3.8) is 0 Å². The Bertz CT molecular complexity index is 1990. The highest BCUT2D eigenvalue weighted by atomic mass is 16.5. The highest BCUT2D eigenvalue weighted by Crippen LogP contribution is 2.87. The van der Waals surface area contributed by atoms with Gasteiger partial charge in [0.05, 0.1) is 35.0 Å². The van der Waals surface area contributed by atoms with Gasteiger partial charge in [0.15, 0.2) is 0 Å². The average molecular weight is 552 g/mol. The molecule has 5 aromatic rings. The van der Waals surface area contributed by atoms with Crippen molar-refractivity contribution in [2.75, 3.05) is 13.7 Å². The van der Waals surface area contributed by atoms with Gasteiger partial charge < -0.3 is 4.74 Å². The average Bonchev–Trinajstić information content (AvgIpc) is 3.29. The first kappa shape index (κ1) is 24.1. The number of carbonyl (C=O) groups is 1. The molecular weight excluding hydrogens is 522 g/mol. The van der Waals surface area contributed by atoms with E-state index in [4.69, 9.17) is 9.72 Å². The number of nitrogens with zero attached hydrogens (tertiary/aromatic N) is 3. The molecule has 206 valence electrons. The number of carbonyl (C=O) groups excluding carboxylic acids is 1. The van der Waals surface area contributed by atoms with Gasteiger partial charge in [-0.3, -0.25) is 19.1 Å². The lowest BCUT2D eigenvalue weighted by atomic mass is 9.67. The van der Waals surface area contributed by atoms with Crippen molar-refractivity contribution in [2.24, 2.45) is 5.92 Å². The second-order valence-electron chi connectivity index (χ2n) is 12.0.